The number of hydrogen-bond acceptors (Lipinski definition) is 2. The molecule has 0 amide bonds. The molecule has 3 rings (SSSR count). The molecule has 0 fully saturated rings. The highest BCUT2D eigenvalue weighted by Crippen LogP contribution is 2.18. The molecule has 0 radical (unpaired) electrons. The van der Waals surface area contributed by atoms with E-state index in [2.05, 4.69) is 78.1 Å². The Hall–Kier alpha value is -2.58. The fraction of sp³-hybridized carbons (Fsp3) is 0.250. The molecule has 0 saturated heterocycles. The number of benzene rings is 3. The van der Waals surface area contributed by atoms with Gasteiger partial charge in [-0.3, -0.25) is 0 Å². The van der Waals surface area contributed by atoms with Crippen molar-refractivity contribution in [3.8, 4) is 5.75 Å². The van der Waals surface area contributed by atoms with Gasteiger partial charge >= 0.3 is 0 Å². The molecular formula is C24H27NO. The summed E-state index contributed by atoms with van der Waals surface area (Å²) in [6, 6.07) is 29.4. The minimum absolute atomic E-state index is 0.703. The first-order chi connectivity index (χ1) is 12.9. The van der Waals surface area contributed by atoms with Gasteiger partial charge in [-0.2, -0.15) is 0 Å². The molecule has 0 saturated carbocycles. The molecule has 2 heteroatoms. The number of ether oxygens (including phenoxy) is 1. The standard InChI is InChI=1S/C24H27NO/c1-3-10-21(11-4-1)14-9-18-25-20-23-15-7-8-16-24(23)26-19-17-22-12-5-2-6-13-22/h1-8,10-13,15-16,25H,9,14,17-20H2. The second-order valence-corrected chi connectivity index (χ2v) is 6.46. The van der Waals surface area contributed by atoms with Gasteiger partial charge in [-0.1, -0.05) is 78.9 Å². The molecule has 26 heavy (non-hydrogen) atoms. The average molecular weight is 345 g/mol. The molecule has 0 heterocycles. The maximum absolute atomic E-state index is 6.03. The van der Waals surface area contributed by atoms with Crippen molar-refractivity contribution < 1.29 is 4.74 Å². The van der Waals surface area contributed by atoms with E-state index in [1.807, 2.05) is 12.1 Å². The van der Waals surface area contributed by atoms with Crippen LogP contribution in [0.25, 0.3) is 0 Å². The second kappa shape index (κ2) is 10.4. The van der Waals surface area contributed by atoms with Crippen LogP contribution in [0.2, 0.25) is 0 Å². The van der Waals surface area contributed by atoms with Gasteiger partial charge < -0.3 is 10.1 Å². The van der Waals surface area contributed by atoms with Crippen LogP contribution < -0.4 is 10.1 Å². The zero-order valence-corrected chi connectivity index (χ0v) is 15.2. The first kappa shape index (κ1) is 18.2. The number of hydrogen-bond donors (Lipinski definition) is 1. The minimum Gasteiger partial charge on any atom is -0.493 e. The zero-order valence-electron chi connectivity index (χ0n) is 15.2. The number of aryl methyl sites for hydroxylation is 1. The van der Waals surface area contributed by atoms with Gasteiger partial charge in [0.2, 0.25) is 0 Å². The fourth-order valence-electron chi connectivity index (χ4n) is 3.00. The zero-order chi connectivity index (χ0) is 17.9. The Morgan fingerprint density at radius 1 is 0.654 bits per heavy atom. The third-order valence-electron chi connectivity index (χ3n) is 4.44. The largest absolute Gasteiger partial charge is 0.493 e. The average Bonchev–Trinajstić information content (AvgIpc) is 2.70. The lowest BCUT2D eigenvalue weighted by Gasteiger charge is -2.12. The molecule has 0 aliphatic heterocycles. The summed E-state index contributed by atoms with van der Waals surface area (Å²) in [6.45, 7) is 2.55. The lowest BCUT2D eigenvalue weighted by Crippen LogP contribution is -2.16. The van der Waals surface area contributed by atoms with Crippen LogP contribution in [-0.2, 0) is 19.4 Å². The Labute approximate surface area is 156 Å². The van der Waals surface area contributed by atoms with Crippen molar-refractivity contribution >= 4 is 0 Å². The van der Waals surface area contributed by atoms with Crippen molar-refractivity contribution in [3.05, 3.63) is 102 Å². The molecule has 2 nitrogen and oxygen atoms in total. The molecule has 0 bridgehead atoms. The molecule has 0 aromatic heterocycles. The van der Waals surface area contributed by atoms with E-state index in [1.165, 1.54) is 16.7 Å². The van der Waals surface area contributed by atoms with E-state index in [9.17, 15) is 0 Å². The van der Waals surface area contributed by atoms with Crippen LogP contribution in [0.15, 0.2) is 84.9 Å². The molecule has 0 unspecified atom stereocenters. The van der Waals surface area contributed by atoms with Crippen molar-refractivity contribution in [2.45, 2.75) is 25.8 Å². The van der Waals surface area contributed by atoms with Crippen molar-refractivity contribution in [1.82, 2.24) is 5.32 Å². The molecule has 0 aliphatic carbocycles. The van der Waals surface area contributed by atoms with Crippen molar-refractivity contribution in [3.63, 3.8) is 0 Å². The fourth-order valence-corrected chi connectivity index (χ4v) is 3.00. The molecule has 3 aromatic carbocycles. The minimum atomic E-state index is 0.703. The third kappa shape index (κ3) is 6.05. The Kier molecular flexibility index (Phi) is 7.30. The van der Waals surface area contributed by atoms with E-state index >= 15 is 0 Å². The second-order valence-electron chi connectivity index (χ2n) is 6.46. The Balaban J connectivity index is 1.40. The highest BCUT2D eigenvalue weighted by molar-refractivity contribution is 5.33. The Morgan fingerprint density at radius 3 is 2.00 bits per heavy atom. The topological polar surface area (TPSA) is 21.3 Å². The highest BCUT2D eigenvalue weighted by atomic mass is 16.5. The summed E-state index contributed by atoms with van der Waals surface area (Å²) in [5.41, 5.74) is 3.93. The van der Waals surface area contributed by atoms with E-state index < -0.39 is 0 Å². The third-order valence-corrected chi connectivity index (χ3v) is 4.44. The Bertz CT molecular complexity index is 755. The number of nitrogens with one attached hydrogen (secondary N) is 1. The van der Waals surface area contributed by atoms with E-state index in [0.29, 0.717) is 6.61 Å². The summed E-state index contributed by atoms with van der Waals surface area (Å²) in [4.78, 5) is 0. The normalized spacial score (nSPS) is 10.6. The van der Waals surface area contributed by atoms with Crippen molar-refractivity contribution in [2.75, 3.05) is 13.2 Å². The Morgan fingerprint density at radius 2 is 1.27 bits per heavy atom. The first-order valence-corrected chi connectivity index (χ1v) is 9.41. The summed E-state index contributed by atoms with van der Waals surface area (Å²) in [5, 5.41) is 3.54. The van der Waals surface area contributed by atoms with Crippen LogP contribution in [0.3, 0.4) is 0 Å². The van der Waals surface area contributed by atoms with Gasteiger partial charge in [0.25, 0.3) is 0 Å². The summed E-state index contributed by atoms with van der Waals surface area (Å²) in [7, 11) is 0. The van der Waals surface area contributed by atoms with Gasteiger partial charge in [0.1, 0.15) is 5.75 Å². The predicted molar refractivity (Wildman–Crippen MR) is 109 cm³/mol. The van der Waals surface area contributed by atoms with Crippen molar-refractivity contribution in [1.29, 1.82) is 0 Å². The number of para-hydroxylation sites is 1. The maximum Gasteiger partial charge on any atom is 0.123 e. The van der Waals surface area contributed by atoms with Crippen LogP contribution in [-0.4, -0.2) is 13.2 Å². The van der Waals surface area contributed by atoms with Gasteiger partial charge in [-0.25, -0.2) is 0 Å². The van der Waals surface area contributed by atoms with E-state index in [0.717, 1.165) is 38.1 Å². The highest BCUT2D eigenvalue weighted by Gasteiger charge is 2.03. The monoisotopic (exact) mass is 345 g/mol. The molecule has 1 N–H and O–H groups in total. The summed E-state index contributed by atoms with van der Waals surface area (Å²) >= 11 is 0. The van der Waals surface area contributed by atoms with Crippen LogP contribution >= 0.6 is 0 Å². The van der Waals surface area contributed by atoms with Crippen LogP contribution in [0.5, 0.6) is 5.75 Å². The molecule has 0 spiro atoms. The van der Waals surface area contributed by atoms with Gasteiger partial charge in [0.15, 0.2) is 0 Å². The lowest BCUT2D eigenvalue weighted by atomic mass is 10.1. The molecule has 0 atom stereocenters. The van der Waals surface area contributed by atoms with Crippen LogP contribution in [0.1, 0.15) is 23.1 Å². The summed E-state index contributed by atoms with van der Waals surface area (Å²) in [5.74, 6) is 0.985. The van der Waals surface area contributed by atoms with E-state index in [1.54, 1.807) is 0 Å². The summed E-state index contributed by atoms with van der Waals surface area (Å²) < 4.78 is 6.03. The summed E-state index contributed by atoms with van der Waals surface area (Å²) in [6.07, 6.45) is 3.18. The first-order valence-electron chi connectivity index (χ1n) is 9.41. The van der Waals surface area contributed by atoms with Gasteiger partial charge in [0, 0.05) is 18.5 Å². The van der Waals surface area contributed by atoms with E-state index in [4.69, 9.17) is 4.74 Å². The SMILES string of the molecule is c1ccc(CCCNCc2ccccc2OCCc2ccccc2)cc1. The quantitative estimate of drug-likeness (QED) is 0.520. The lowest BCUT2D eigenvalue weighted by molar-refractivity contribution is 0.317. The van der Waals surface area contributed by atoms with E-state index in [-0.39, 0.29) is 0 Å². The van der Waals surface area contributed by atoms with Crippen LogP contribution in [0.4, 0.5) is 0 Å². The predicted octanol–water partition coefficient (Wildman–Crippen LogP) is 5.03. The van der Waals surface area contributed by atoms with Gasteiger partial charge in [-0.05, 0) is 36.6 Å². The van der Waals surface area contributed by atoms with Crippen LogP contribution in [0, 0.1) is 0 Å². The number of rotatable bonds is 10. The van der Waals surface area contributed by atoms with Crippen molar-refractivity contribution in [2.24, 2.45) is 0 Å². The molecule has 134 valence electrons. The molecule has 3 aromatic rings. The van der Waals surface area contributed by atoms with Gasteiger partial charge in [0.05, 0.1) is 6.61 Å². The van der Waals surface area contributed by atoms with Gasteiger partial charge in [-0.15, -0.1) is 0 Å². The smallest absolute Gasteiger partial charge is 0.123 e. The maximum atomic E-state index is 6.03. The molecular weight excluding hydrogens is 318 g/mol. The molecule has 0 aliphatic rings.